The molecule has 0 aliphatic rings. The number of hydrogen-bond acceptors (Lipinski definition) is 5. The number of likely N-dealkylation sites (N-methyl/N-ethyl adjacent to an activating group) is 1. The van der Waals surface area contributed by atoms with E-state index in [0.29, 0.717) is 17.0 Å². The number of carbonyl (C=O) groups is 2. The van der Waals surface area contributed by atoms with Crippen molar-refractivity contribution < 1.29 is 18.7 Å². The van der Waals surface area contributed by atoms with E-state index in [0.717, 1.165) is 5.56 Å². The monoisotopic (exact) mass is 364 g/mol. The number of benzene rings is 2. The average Bonchev–Trinajstić information content (AvgIpc) is 3.13. The largest absolute Gasteiger partial charge is 0.452 e. The van der Waals surface area contributed by atoms with Gasteiger partial charge in [0, 0.05) is 19.2 Å². The summed E-state index contributed by atoms with van der Waals surface area (Å²) >= 11 is 0. The number of rotatable bonds is 6. The summed E-state index contributed by atoms with van der Waals surface area (Å²) in [5.74, 6) is -0.615. The van der Waals surface area contributed by atoms with Crippen LogP contribution in [0.25, 0.3) is 17.2 Å². The lowest BCUT2D eigenvalue weighted by atomic mass is 10.1. The van der Waals surface area contributed by atoms with E-state index >= 15 is 0 Å². The molecule has 6 nitrogen and oxygen atoms in total. The Bertz CT molecular complexity index is 929. The maximum Gasteiger partial charge on any atom is 0.331 e. The molecular weight excluding hydrogens is 344 g/mol. The first-order chi connectivity index (χ1) is 13.0. The van der Waals surface area contributed by atoms with Crippen molar-refractivity contribution >= 4 is 29.1 Å². The van der Waals surface area contributed by atoms with E-state index in [2.05, 4.69) is 4.98 Å². The Balaban J connectivity index is 1.52. The van der Waals surface area contributed by atoms with Gasteiger partial charge in [0.1, 0.15) is 5.52 Å². The average molecular weight is 364 g/mol. The fraction of sp³-hybridized carbons (Fsp3) is 0.190. The highest BCUT2D eigenvalue weighted by Gasteiger charge is 2.18. The summed E-state index contributed by atoms with van der Waals surface area (Å²) in [7, 11) is 1.68. The molecule has 1 amide bonds. The van der Waals surface area contributed by atoms with Gasteiger partial charge >= 0.3 is 5.97 Å². The summed E-state index contributed by atoms with van der Waals surface area (Å²) in [6.45, 7) is 1.59. The quantitative estimate of drug-likeness (QED) is 0.494. The van der Waals surface area contributed by atoms with E-state index in [1.165, 1.54) is 12.2 Å². The summed E-state index contributed by atoms with van der Waals surface area (Å²) in [6, 6.07) is 16.8. The number of amides is 1. The van der Waals surface area contributed by atoms with Gasteiger partial charge in [-0.25, -0.2) is 9.78 Å². The van der Waals surface area contributed by atoms with Crippen LogP contribution in [0.4, 0.5) is 0 Å². The standard InChI is InChI=1S/C21H20N2O4/c1-15(16-8-4-3-5-9-16)23(2)20(24)14-26-21(25)13-12-19-22-17-10-6-7-11-18(17)27-19/h3-13,15H,14H2,1-2H3/b13-12+/t15-/m1/s1. The molecule has 3 aromatic rings. The molecule has 0 N–H and O–H groups in total. The van der Waals surface area contributed by atoms with Crippen molar-refractivity contribution in [3.8, 4) is 0 Å². The Hall–Kier alpha value is -3.41. The highest BCUT2D eigenvalue weighted by molar-refractivity contribution is 5.89. The second-order valence-corrected chi connectivity index (χ2v) is 6.05. The van der Waals surface area contributed by atoms with E-state index in [4.69, 9.17) is 9.15 Å². The van der Waals surface area contributed by atoms with Crippen LogP contribution >= 0.6 is 0 Å². The van der Waals surface area contributed by atoms with Crippen LogP contribution in [0.3, 0.4) is 0 Å². The Morgan fingerprint density at radius 3 is 2.59 bits per heavy atom. The van der Waals surface area contributed by atoms with E-state index in [1.54, 1.807) is 18.0 Å². The molecular formula is C21H20N2O4. The van der Waals surface area contributed by atoms with Crippen LogP contribution in [0.2, 0.25) is 0 Å². The lowest BCUT2D eigenvalue weighted by molar-refractivity contribution is -0.148. The second kappa shape index (κ2) is 8.31. The molecule has 0 aliphatic heterocycles. The molecule has 0 aliphatic carbocycles. The molecule has 1 aromatic heterocycles. The predicted octanol–water partition coefficient (Wildman–Crippen LogP) is 3.60. The van der Waals surface area contributed by atoms with E-state index < -0.39 is 5.97 Å². The van der Waals surface area contributed by atoms with Gasteiger partial charge in [0.25, 0.3) is 5.91 Å². The van der Waals surface area contributed by atoms with Crippen LogP contribution < -0.4 is 0 Å². The first kappa shape index (κ1) is 18.4. The highest BCUT2D eigenvalue weighted by atomic mass is 16.5. The molecule has 0 radical (unpaired) electrons. The minimum Gasteiger partial charge on any atom is -0.452 e. The number of ether oxygens (including phenoxy) is 1. The van der Waals surface area contributed by atoms with Gasteiger partial charge in [-0.05, 0) is 24.6 Å². The van der Waals surface area contributed by atoms with Gasteiger partial charge in [0.2, 0.25) is 5.89 Å². The first-order valence-electron chi connectivity index (χ1n) is 8.55. The van der Waals surface area contributed by atoms with Crippen molar-refractivity contribution in [2.45, 2.75) is 13.0 Å². The van der Waals surface area contributed by atoms with Gasteiger partial charge in [-0.2, -0.15) is 0 Å². The highest BCUT2D eigenvalue weighted by Crippen LogP contribution is 2.18. The van der Waals surface area contributed by atoms with Gasteiger partial charge < -0.3 is 14.1 Å². The lowest BCUT2D eigenvalue weighted by Crippen LogP contribution is -2.33. The molecule has 3 rings (SSSR count). The third-order valence-corrected chi connectivity index (χ3v) is 4.27. The summed E-state index contributed by atoms with van der Waals surface area (Å²) in [4.78, 5) is 29.9. The molecule has 1 atom stereocenters. The van der Waals surface area contributed by atoms with Crippen molar-refractivity contribution in [1.29, 1.82) is 0 Å². The van der Waals surface area contributed by atoms with Gasteiger partial charge in [0.15, 0.2) is 12.2 Å². The third kappa shape index (κ3) is 4.61. The molecule has 0 saturated heterocycles. The Kier molecular flexibility index (Phi) is 5.66. The molecule has 0 unspecified atom stereocenters. The third-order valence-electron chi connectivity index (χ3n) is 4.27. The van der Waals surface area contributed by atoms with Gasteiger partial charge in [-0.3, -0.25) is 4.79 Å². The zero-order valence-electron chi connectivity index (χ0n) is 15.2. The fourth-order valence-corrected chi connectivity index (χ4v) is 2.55. The van der Waals surface area contributed by atoms with Gasteiger partial charge in [-0.1, -0.05) is 42.5 Å². The molecule has 0 bridgehead atoms. The van der Waals surface area contributed by atoms with Crippen molar-refractivity contribution in [3.05, 3.63) is 72.1 Å². The summed E-state index contributed by atoms with van der Waals surface area (Å²) in [5, 5.41) is 0. The van der Waals surface area contributed by atoms with Crippen LogP contribution in [0.1, 0.15) is 24.4 Å². The van der Waals surface area contributed by atoms with E-state index in [1.807, 2.05) is 55.5 Å². The Labute approximate surface area is 157 Å². The van der Waals surface area contributed by atoms with Crippen molar-refractivity contribution in [3.63, 3.8) is 0 Å². The number of para-hydroxylation sites is 2. The number of hydrogen-bond donors (Lipinski definition) is 0. The topological polar surface area (TPSA) is 72.6 Å². The lowest BCUT2D eigenvalue weighted by Gasteiger charge is -2.25. The molecule has 0 saturated carbocycles. The number of nitrogens with zero attached hydrogens (tertiary/aromatic N) is 2. The maximum atomic E-state index is 12.2. The van der Waals surface area contributed by atoms with Gasteiger partial charge in [-0.15, -0.1) is 0 Å². The number of oxazole rings is 1. The molecule has 27 heavy (non-hydrogen) atoms. The van der Waals surface area contributed by atoms with Crippen LogP contribution in [0, 0.1) is 0 Å². The molecule has 138 valence electrons. The molecule has 1 heterocycles. The number of carbonyl (C=O) groups excluding carboxylic acids is 2. The Morgan fingerprint density at radius 2 is 1.85 bits per heavy atom. The molecule has 0 fully saturated rings. The first-order valence-corrected chi connectivity index (χ1v) is 8.55. The second-order valence-electron chi connectivity index (χ2n) is 6.05. The summed E-state index contributed by atoms with van der Waals surface area (Å²) in [5.41, 5.74) is 2.35. The fourth-order valence-electron chi connectivity index (χ4n) is 2.55. The van der Waals surface area contributed by atoms with Crippen LogP contribution in [-0.4, -0.2) is 35.4 Å². The minimum atomic E-state index is -0.633. The summed E-state index contributed by atoms with van der Waals surface area (Å²) in [6.07, 6.45) is 2.61. The zero-order valence-corrected chi connectivity index (χ0v) is 15.2. The maximum absolute atomic E-state index is 12.2. The predicted molar refractivity (Wildman–Crippen MR) is 102 cm³/mol. The van der Waals surface area contributed by atoms with Crippen LogP contribution in [0.15, 0.2) is 65.1 Å². The number of esters is 1. The minimum absolute atomic E-state index is 0.118. The smallest absolute Gasteiger partial charge is 0.331 e. The SMILES string of the molecule is C[C@H](c1ccccc1)N(C)C(=O)COC(=O)/C=C/c1nc2ccccc2o1. The van der Waals surface area contributed by atoms with E-state index in [9.17, 15) is 9.59 Å². The van der Waals surface area contributed by atoms with Crippen molar-refractivity contribution in [2.24, 2.45) is 0 Å². The van der Waals surface area contributed by atoms with Gasteiger partial charge in [0.05, 0.1) is 6.04 Å². The van der Waals surface area contributed by atoms with Crippen LogP contribution in [-0.2, 0) is 14.3 Å². The van der Waals surface area contributed by atoms with Crippen molar-refractivity contribution in [2.75, 3.05) is 13.7 Å². The summed E-state index contributed by atoms with van der Waals surface area (Å²) < 4.78 is 10.5. The molecule has 6 heteroatoms. The van der Waals surface area contributed by atoms with E-state index in [-0.39, 0.29) is 18.6 Å². The molecule has 0 spiro atoms. The van der Waals surface area contributed by atoms with Crippen molar-refractivity contribution in [1.82, 2.24) is 9.88 Å². The molecule has 2 aromatic carbocycles. The normalized spacial score (nSPS) is 12.2. The zero-order chi connectivity index (χ0) is 19.2. The van der Waals surface area contributed by atoms with Crippen LogP contribution in [0.5, 0.6) is 0 Å². The number of aromatic nitrogens is 1. The Morgan fingerprint density at radius 1 is 1.15 bits per heavy atom. The number of fused-ring (bicyclic) bond motifs is 1.